The van der Waals surface area contributed by atoms with Crippen molar-refractivity contribution in [2.75, 3.05) is 39.0 Å². The molecule has 0 bridgehead atoms. The summed E-state index contributed by atoms with van der Waals surface area (Å²) in [6.07, 6.45) is 2.12. The van der Waals surface area contributed by atoms with Gasteiger partial charge in [0, 0.05) is 44.2 Å². The number of ether oxygens (including phenoxy) is 1. The highest BCUT2D eigenvalue weighted by molar-refractivity contribution is 7.98. The molecule has 1 fully saturated rings. The van der Waals surface area contributed by atoms with Crippen LogP contribution in [0.25, 0.3) is 0 Å². The highest BCUT2D eigenvalue weighted by atomic mass is 32.2. The van der Waals surface area contributed by atoms with Crippen molar-refractivity contribution in [1.29, 1.82) is 0 Å². The maximum absolute atomic E-state index is 9.10. The number of rotatable bonds is 7. The molecule has 7 nitrogen and oxygen atoms in total. The number of aliphatic carboxylic acids is 2. The Balaban J connectivity index is 0.000000501. The third kappa shape index (κ3) is 9.00. The Morgan fingerprint density at radius 1 is 0.839 bits per heavy atom. The first kappa shape index (κ1) is 24.7. The molecule has 1 saturated heterocycles. The summed E-state index contributed by atoms with van der Waals surface area (Å²) in [5.74, 6) is -2.69. The molecule has 0 radical (unpaired) electrons. The molecule has 2 aromatic carbocycles. The van der Waals surface area contributed by atoms with E-state index in [1.807, 2.05) is 6.92 Å². The molecular weight excluding hydrogens is 416 g/mol. The van der Waals surface area contributed by atoms with E-state index in [-0.39, 0.29) is 0 Å². The Bertz CT molecular complexity index is 807. The van der Waals surface area contributed by atoms with E-state index in [2.05, 4.69) is 64.6 Å². The first-order valence-electron chi connectivity index (χ1n) is 10.2. The van der Waals surface area contributed by atoms with Crippen LogP contribution in [0.5, 0.6) is 5.75 Å². The standard InChI is InChI=1S/C21H28N2OS.C2H2O4/c1-3-24-20-8-4-18(5-9-20)16-22-12-14-23(15-13-22)17-19-6-10-21(25-2)11-7-19;3-1(4)2(5)6/h4-11H,3,12-17H2,1-2H3;(H,3,4)(H,5,6). The van der Waals surface area contributed by atoms with Gasteiger partial charge in [-0.05, 0) is 48.6 Å². The van der Waals surface area contributed by atoms with Gasteiger partial charge in [-0.15, -0.1) is 11.8 Å². The molecule has 31 heavy (non-hydrogen) atoms. The molecule has 0 atom stereocenters. The third-order valence-corrected chi connectivity index (χ3v) is 5.60. The van der Waals surface area contributed by atoms with Crippen LogP contribution in [0.15, 0.2) is 53.4 Å². The SMILES string of the molecule is CCOc1ccc(CN2CCN(Cc3ccc(SC)cc3)CC2)cc1.O=C(O)C(=O)O. The van der Waals surface area contributed by atoms with Crippen molar-refractivity contribution in [2.45, 2.75) is 24.9 Å². The number of benzene rings is 2. The molecule has 0 saturated carbocycles. The van der Waals surface area contributed by atoms with Crippen molar-refractivity contribution in [3.63, 3.8) is 0 Å². The van der Waals surface area contributed by atoms with Gasteiger partial charge < -0.3 is 14.9 Å². The summed E-state index contributed by atoms with van der Waals surface area (Å²) in [6.45, 7) is 9.38. The predicted molar refractivity (Wildman–Crippen MR) is 122 cm³/mol. The highest BCUT2D eigenvalue weighted by Crippen LogP contribution is 2.18. The Kier molecular flexibility index (Phi) is 10.4. The molecule has 1 aliphatic rings. The van der Waals surface area contributed by atoms with E-state index in [0.29, 0.717) is 0 Å². The van der Waals surface area contributed by atoms with E-state index in [0.717, 1.165) is 51.6 Å². The minimum Gasteiger partial charge on any atom is -0.494 e. The second-order valence-electron chi connectivity index (χ2n) is 7.09. The Hall–Kier alpha value is -2.55. The normalized spacial score (nSPS) is 14.4. The summed E-state index contributed by atoms with van der Waals surface area (Å²) >= 11 is 1.80. The van der Waals surface area contributed by atoms with Gasteiger partial charge in [-0.25, -0.2) is 9.59 Å². The molecule has 0 aromatic heterocycles. The minimum atomic E-state index is -1.82. The van der Waals surface area contributed by atoms with Crippen LogP contribution >= 0.6 is 11.8 Å². The summed E-state index contributed by atoms with van der Waals surface area (Å²) in [4.78, 5) is 24.6. The fourth-order valence-electron chi connectivity index (χ4n) is 3.21. The predicted octanol–water partition coefficient (Wildman–Crippen LogP) is 3.28. The van der Waals surface area contributed by atoms with Gasteiger partial charge in [0.05, 0.1) is 6.61 Å². The van der Waals surface area contributed by atoms with Gasteiger partial charge in [-0.2, -0.15) is 0 Å². The number of carbonyl (C=O) groups is 2. The largest absolute Gasteiger partial charge is 0.494 e. The van der Waals surface area contributed by atoms with E-state index in [1.165, 1.54) is 16.0 Å². The highest BCUT2D eigenvalue weighted by Gasteiger charge is 2.17. The molecule has 1 aliphatic heterocycles. The number of thioether (sulfide) groups is 1. The first-order chi connectivity index (χ1) is 14.9. The summed E-state index contributed by atoms with van der Waals surface area (Å²) < 4.78 is 5.51. The Labute approximate surface area is 187 Å². The van der Waals surface area contributed by atoms with Crippen LogP contribution in [0, 0.1) is 0 Å². The Morgan fingerprint density at radius 2 is 1.26 bits per heavy atom. The summed E-state index contributed by atoms with van der Waals surface area (Å²) in [7, 11) is 0. The van der Waals surface area contributed by atoms with Gasteiger partial charge in [-0.3, -0.25) is 9.80 Å². The van der Waals surface area contributed by atoms with E-state index < -0.39 is 11.9 Å². The fraction of sp³-hybridized carbons (Fsp3) is 0.391. The number of hydrogen-bond acceptors (Lipinski definition) is 6. The monoisotopic (exact) mass is 446 g/mol. The second kappa shape index (κ2) is 13.0. The number of carboxylic acids is 2. The molecule has 2 aromatic rings. The molecule has 0 aliphatic carbocycles. The molecule has 0 amide bonds. The lowest BCUT2D eigenvalue weighted by molar-refractivity contribution is -0.159. The van der Waals surface area contributed by atoms with Gasteiger partial charge in [0.25, 0.3) is 0 Å². The first-order valence-corrected chi connectivity index (χ1v) is 11.4. The molecule has 8 heteroatoms. The van der Waals surface area contributed by atoms with E-state index in [4.69, 9.17) is 24.5 Å². The van der Waals surface area contributed by atoms with Crippen molar-refractivity contribution in [1.82, 2.24) is 9.80 Å². The molecule has 0 spiro atoms. The zero-order valence-electron chi connectivity index (χ0n) is 18.0. The van der Waals surface area contributed by atoms with Crippen molar-refractivity contribution in [3.05, 3.63) is 59.7 Å². The molecule has 2 N–H and O–H groups in total. The van der Waals surface area contributed by atoms with Crippen LogP contribution in [-0.2, 0) is 22.7 Å². The molecule has 1 heterocycles. The summed E-state index contributed by atoms with van der Waals surface area (Å²) in [6, 6.07) is 17.5. The molecule has 0 unspecified atom stereocenters. The molecular formula is C23H30N2O5S. The van der Waals surface area contributed by atoms with E-state index >= 15 is 0 Å². The second-order valence-corrected chi connectivity index (χ2v) is 7.97. The minimum absolute atomic E-state index is 0.724. The zero-order valence-corrected chi connectivity index (χ0v) is 18.8. The number of nitrogens with zero attached hydrogens (tertiary/aromatic N) is 2. The average molecular weight is 447 g/mol. The van der Waals surface area contributed by atoms with Crippen LogP contribution in [0.2, 0.25) is 0 Å². The summed E-state index contributed by atoms with van der Waals surface area (Å²) in [5, 5.41) is 14.8. The van der Waals surface area contributed by atoms with Gasteiger partial charge in [0.2, 0.25) is 0 Å². The maximum Gasteiger partial charge on any atom is 0.414 e. The quantitative estimate of drug-likeness (QED) is 0.495. The van der Waals surface area contributed by atoms with E-state index in [9.17, 15) is 0 Å². The van der Waals surface area contributed by atoms with Gasteiger partial charge in [0.15, 0.2) is 0 Å². The van der Waals surface area contributed by atoms with Crippen molar-refractivity contribution in [3.8, 4) is 5.75 Å². The fourth-order valence-corrected chi connectivity index (χ4v) is 3.62. The van der Waals surface area contributed by atoms with Crippen LogP contribution in [-0.4, -0.2) is 71.0 Å². The Morgan fingerprint density at radius 3 is 1.61 bits per heavy atom. The third-order valence-electron chi connectivity index (χ3n) is 4.85. The number of piperazine rings is 1. The van der Waals surface area contributed by atoms with Crippen molar-refractivity contribution >= 4 is 23.7 Å². The van der Waals surface area contributed by atoms with Crippen LogP contribution in [0.1, 0.15) is 18.1 Å². The van der Waals surface area contributed by atoms with Crippen molar-refractivity contribution < 1.29 is 24.5 Å². The molecule has 3 rings (SSSR count). The van der Waals surface area contributed by atoms with Gasteiger partial charge in [0.1, 0.15) is 5.75 Å². The number of hydrogen-bond donors (Lipinski definition) is 2. The van der Waals surface area contributed by atoms with Gasteiger partial charge >= 0.3 is 11.9 Å². The van der Waals surface area contributed by atoms with Crippen molar-refractivity contribution in [2.24, 2.45) is 0 Å². The van der Waals surface area contributed by atoms with Crippen LogP contribution < -0.4 is 4.74 Å². The lowest BCUT2D eigenvalue weighted by Crippen LogP contribution is -2.45. The zero-order chi connectivity index (χ0) is 22.6. The topological polar surface area (TPSA) is 90.3 Å². The van der Waals surface area contributed by atoms with E-state index in [1.54, 1.807) is 11.8 Å². The van der Waals surface area contributed by atoms with Crippen LogP contribution in [0.3, 0.4) is 0 Å². The lowest BCUT2D eigenvalue weighted by Gasteiger charge is -2.34. The van der Waals surface area contributed by atoms with Crippen LogP contribution in [0.4, 0.5) is 0 Å². The summed E-state index contributed by atoms with van der Waals surface area (Å²) in [5.41, 5.74) is 2.78. The lowest BCUT2D eigenvalue weighted by atomic mass is 10.1. The maximum atomic E-state index is 9.10. The molecule has 168 valence electrons. The average Bonchev–Trinajstić information content (AvgIpc) is 2.77. The van der Waals surface area contributed by atoms with Gasteiger partial charge in [-0.1, -0.05) is 24.3 Å². The smallest absolute Gasteiger partial charge is 0.414 e. The number of carboxylic acid groups (broad SMARTS) is 2.